The van der Waals surface area contributed by atoms with Gasteiger partial charge in [0.25, 0.3) is 0 Å². The Hall–Kier alpha value is -1.35. The van der Waals surface area contributed by atoms with Gasteiger partial charge in [-0.2, -0.15) is 0 Å². The van der Waals surface area contributed by atoms with Crippen LogP contribution in [0.2, 0.25) is 0 Å². The molecule has 0 fully saturated rings. The molecule has 0 heterocycles. The van der Waals surface area contributed by atoms with Crippen LogP contribution in [-0.4, -0.2) is 8.42 Å². The third-order valence-corrected chi connectivity index (χ3v) is 3.40. The molecule has 0 spiro atoms. The maximum atomic E-state index is 11.7. The zero-order valence-corrected chi connectivity index (χ0v) is 8.37. The van der Waals surface area contributed by atoms with E-state index in [1.807, 2.05) is 6.08 Å². The van der Waals surface area contributed by atoms with Gasteiger partial charge in [0.2, 0.25) is 0 Å². The molecular weight excluding hydrogens is 196 g/mol. The van der Waals surface area contributed by atoms with Crippen molar-refractivity contribution >= 4 is 9.84 Å². The van der Waals surface area contributed by atoms with Crippen LogP contribution in [0.3, 0.4) is 0 Å². The van der Waals surface area contributed by atoms with Gasteiger partial charge in [-0.25, -0.2) is 8.42 Å². The quantitative estimate of drug-likeness (QED) is 0.760. The van der Waals surface area contributed by atoms with Gasteiger partial charge in [-0.3, -0.25) is 0 Å². The van der Waals surface area contributed by atoms with E-state index in [4.69, 9.17) is 0 Å². The van der Waals surface area contributed by atoms with Crippen LogP contribution in [0.25, 0.3) is 0 Å². The molecule has 2 nitrogen and oxygen atoms in total. The van der Waals surface area contributed by atoms with Crippen molar-refractivity contribution in [2.75, 3.05) is 0 Å². The highest BCUT2D eigenvalue weighted by Gasteiger charge is 2.10. The Kier molecular flexibility index (Phi) is 2.25. The standard InChI is InChI=1S/C11H10O2S/c12-14(13,9-8-10-6-7-10)11-4-2-1-3-5-11/h1-6,8-9H,7H2/b9-8+. The Labute approximate surface area is 83.5 Å². The molecule has 1 aliphatic carbocycles. The first kappa shape index (κ1) is 9.21. The minimum atomic E-state index is -3.24. The highest BCUT2D eigenvalue weighted by atomic mass is 32.2. The second-order valence-corrected chi connectivity index (χ2v) is 4.98. The van der Waals surface area contributed by atoms with Crippen molar-refractivity contribution in [3.05, 3.63) is 53.5 Å². The van der Waals surface area contributed by atoms with E-state index in [2.05, 4.69) is 0 Å². The number of hydrogen-bond acceptors (Lipinski definition) is 2. The molecule has 0 unspecified atom stereocenters. The summed E-state index contributed by atoms with van der Waals surface area (Å²) in [4.78, 5) is 0.345. The van der Waals surface area contributed by atoms with Crippen molar-refractivity contribution in [2.24, 2.45) is 0 Å². The van der Waals surface area contributed by atoms with E-state index in [1.54, 1.807) is 36.4 Å². The lowest BCUT2D eigenvalue weighted by atomic mass is 10.4. The van der Waals surface area contributed by atoms with Crippen molar-refractivity contribution in [1.29, 1.82) is 0 Å². The van der Waals surface area contributed by atoms with E-state index in [0.717, 1.165) is 12.0 Å². The monoisotopic (exact) mass is 206 g/mol. The topological polar surface area (TPSA) is 34.1 Å². The number of rotatable bonds is 3. The first-order chi connectivity index (χ1) is 6.68. The second-order valence-electron chi connectivity index (χ2n) is 3.14. The van der Waals surface area contributed by atoms with Crippen LogP contribution in [-0.2, 0) is 9.84 Å². The molecule has 0 radical (unpaired) electrons. The molecule has 0 aromatic heterocycles. The predicted octanol–water partition coefficient (Wildman–Crippen LogP) is 2.30. The summed E-state index contributed by atoms with van der Waals surface area (Å²) in [5.74, 6) is 0. The van der Waals surface area contributed by atoms with Crippen molar-refractivity contribution in [3.8, 4) is 0 Å². The summed E-state index contributed by atoms with van der Waals surface area (Å²) in [6.07, 6.45) is 4.56. The van der Waals surface area contributed by atoms with E-state index in [9.17, 15) is 8.42 Å². The first-order valence-corrected chi connectivity index (χ1v) is 5.90. The summed E-state index contributed by atoms with van der Waals surface area (Å²) in [5, 5.41) is 1.27. The molecule has 1 aliphatic rings. The number of benzene rings is 1. The predicted molar refractivity (Wildman–Crippen MR) is 55.5 cm³/mol. The van der Waals surface area contributed by atoms with Crippen LogP contribution in [0.1, 0.15) is 6.42 Å². The lowest BCUT2D eigenvalue weighted by molar-refractivity contribution is 0.604. The van der Waals surface area contributed by atoms with Gasteiger partial charge >= 0.3 is 0 Å². The van der Waals surface area contributed by atoms with Gasteiger partial charge in [0.1, 0.15) is 0 Å². The molecule has 0 saturated heterocycles. The number of hydrogen-bond donors (Lipinski definition) is 0. The van der Waals surface area contributed by atoms with Crippen molar-refractivity contribution < 1.29 is 8.42 Å². The Balaban J connectivity index is 2.28. The maximum Gasteiger partial charge on any atom is 0.199 e. The minimum absolute atomic E-state index is 0.345. The highest BCUT2D eigenvalue weighted by molar-refractivity contribution is 7.94. The van der Waals surface area contributed by atoms with Gasteiger partial charge in [-0.05, 0) is 30.2 Å². The van der Waals surface area contributed by atoms with Gasteiger partial charge in [0.15, 0.2) is 9.84 Å². The van der Waals surface area contributed by atoms with Crippen LogP contribution >= 0.6 is 0 Å². The van der Waals surface area contributed by atoms with E-state index >= 15 is 0 Å². The molecule has 0 bridgehead atoms. The average Bonchev–Trinajstić information content (AvgIpc) is 3.00. The molecule has 0 atom stereocenters. The van der Waals surface area contributed by atoms with Crippen molar-refractivity contribution in [2.45, 2.75) is 11.3 Å². The summed E-state index contributed by atoms with van der Waals surface area (Å²) >= 11 is 0. The zero-order valence-electron chi connectivity index (χ0n) is 7.55. The molecule has 72 valence electrons. The van der Waals surface area contributed by atoms with Crippen molar-refractivity contribution in [1.82, 2.24) is 0 Å². The summed E-state index contributed by atoms with van der Waals surface area (Å²) in [5.41, 5.74) is 1.09. The van der Waals surface area contributed by atoms with E-state index in [0.29, 0.717) is 4.90 Å². The van der Waals surface area contributed by atoms with E-state index < -0.39 is 9.84 Å². The molecule has 1 aromatic carbocycles. The largest absolute Gasteiger partial charge is 0.219 e. The van der Waals surface area contributed by atoms with Crippen LogP contribution in [0, 0.1) is 0 Å². The molecule has 2 rings (SSSR count). The van der Waals surface area contributed by atoms with Crippen LogP contribution in [0.15, 0.2) is 58.4 Å². The van der Waals surface area contributed by atoms with Crippen LogP contribution in [0.5, 0.6) is 0 Å². The summed E-state index contributed by atoms with van der Waals surface area (Å²) < 4.78 is 23.3. The number of sulfone groups is 1. The maximum absolute atomic E-state index is 11.7. The smallest absolute Gasteiger partial charge is 0.199 e. The molecule has 0 amide bonds. The molecular formula is C11H10O2S. The Morgan fingerprint density at radius 2 is 1.79 bits per heavy atom. The summed E-state index contributed by atoms with van der Waals surface area (Å²) in [6.45, 7) is 0. The van der Waals surface area contributed by atoms with Gasteiger partial charge in [-0.1, -0.05) is 24.3 Å². The lowest BCUT2D eigenvalue weighted by Gasteiger charge is -1.96. The molecule has 3 heteroatoms. The Morgan fingerprint density at radius 1 is 1.14 bits per heavy atom. The fourth-order valence-electron chi connectivity index (χ4n) is 1.06. The molecule has 0 aliphatic heterocycles. The fraction of sp³-hybridized carbons (Fsp3) is 0.0909. The zero-order chi connectivity index (χ0) is 10.0. The first-order valence-electron chi connectivity index (χ1n) is 4.36. The lowest BCUT2D eigenvalue weighted by Crippen LogP contribution is -1.94. The fourth-order valence-corrected chi connectivity index (χ4v) is 2.11. The third kappa shape index (κ3) is 2.12. The highest BCUT2D eigenvalue weighted by Crippen LogP contribution is 2.21. The molecule has 0 saturated carbocycles. The normalized spacial score (nSPS) is 15.6. The van der Waals surface area contributed by atoms with Crippen molar-refractivity contribution in [3.63, 3.8) is 0 Å². The summed E-state index contributed by atoms with van der Waals surface area (Å²) in [7, 11) is -3.24. The van der Waals surface area contributed by atoms with E-state index in [1.165, 1.54) is 5.41 Å². The minimum Gasteiger partial charge on any atom is -0.219 e. The molecule has 14 heavy (non-hydrogen) atoms. The summed E-state index contributed by atoms with van der Waals surface area (Å²) in [6, 6.07) is 8.43. The molecule has 1 aromatic rings. The Morgan fingerprint density at radius 3 is 2.36 bits per heavy atom. The van der Waals surface area contributed by atoms with E-state index in [-0.39, 0.29) is 0 Å². The Bertz CT molecular complexity index is 481. The van der Waals surface area contributed by atoms with Gasteiger partial charge in [0.05, 0.1) is 4.90 Å². The second kappa shape index (κ2) is 3.42. The van der Waals surface area contributed by atoms with Crippen LogP contribution in [0.4, 0.5) is 0 Å². The average molecular weight is 206 g/mol. The molecule has 0 N–H and O–H groups in total. The SMILES string of the molecule is O=S(=O)(/C=C/C1=CC1)c1ccccc1. The number of allylic oxidation sites excluding steroid dienone is 3. The van der Waals surface area contributed by atoms with Crippen LogP contribution < -0.4 is 0 Å². The van der Waals surface area contributed by atoms with Gasteiger partial charge < -0.3 is 0 Å². The van der Waals surface area contributed by atoms with Gasteiger partial charge in [0, 0.05) is 5.41 Å². The van der Waals surface area contributed by atoms with Gasteiger partial charge in [-0.15, -0.1) is 0 Å². The third-order valence-electron chi connectivity index (χ3n) is 1.97.